The molecule has 1 unspecified atom stereocenters. The Morgan fingerprint density at radius 3 is 2.83 bits per heavy atom. The molecule has 4 heteroatoms. The van der Waals surface area contributed by atoms with Crippen LogP contribution in [-0.2, 0) is 16.1 Å². The second-order valence-corrected chi connectivity index (χ2v) is 4.41. The highest BCUT2D eigenvalue weighted by Crippen LogP contribution is 2.14. The number of esters is 1. The zero-order chi connectivity index (χ0) is 13.0. The zero-order valence-corrected chi connectivity index (χ0v) is 10.4. The predicted molar refractivity (Wildman–Crippen MR) is 67.8 cm³/mol. The first kappa shape index (κ1) is 12.8. The summed E-state index contributed by atoms with van der Waals surface area (Å²) in [6.45, 7) is 1.76. The van der Waals surface area contributed by atoms with Crippen molar-refractivity contribution in [3.63, 3.8) is 0 Å². The largest absolute Gasteiger partial charge is 0.466 e. The van der Waals surface area contributed by atoms with Gasteiger partial charge in [-0.3, -0.25) is 4.90 Å². The lowest BCUT2D eigenvalue weighted by molar-refractivity contribution is -0.136. The minimum atomic E-state index is -0.614. The Bertz CT molecular complexity index is 442. The minimum absolute atomic E-state index is 0.369. The van der Waals surface area contributed by atoms with Crippen LogP contribution in [0.25, 0.3) is 0 Å². The fraction of sp³-hybridized carbons (Fsp3) is 0.357. The Morgan fingerprint density at radius 1 is 1.44 bits per heavy atom. The van der Waals surface area contributed by atoms with E-state index in [9.17, 15) is 9.90 Å². The second-order valence-electron chi connectivity index (χ2n) is 4.41. The SMILES string of the molecule is COC(=O)C1=CC(O)CN(Cc2ccccc2)C1. The van der Waals surface area contributed by atoms with Gasteiger partial charge in [-0.1, -0.05) is 30.3 Å². The lowest BCUT2D eigenvalue weighted by Crippen LogP contribution is -2.38. The van der Waals surface area contributed by atoms with Crippen LogP contribution in [0.3, 0.4) is 0 Å². The van der Waals surface area contributed by atoms with Gasteiger partial charge in [-0.15, -0.1) is 0 Å². The maximum atomic E-state index is 11.5. The van der Waals surface area contributed by atoms with Crippen LogP contribution in [0.2, 0.25) is 0 Å². The van der Waals surface area contributed by atoms with Gasteiger partial charge >= 0.3 is 5.97 Å². The molecule has 0 radical (unpaired) electrons. The highest BCUT2D eigenvalue weighted by Gasteiger charge is 2.23. The minimum Gasteiger partial charge on any atom is -0.466 e. The molecular formula is C14H17NO3. The average Bonchev–Trinajstić information content (AvgIpc) is 2.38. The van der Waals surface area contributed by atoms with Crippen LogP contribution in [0.4, 0.5) is 0 Å². The third-order valence-corrected chi connectivity index (χ3v) is 2.93. The van der Waals surface area contributed by atoms with Gasteiger partial charge in [0.1, 0.15) is 0 Å². The van der Waals surface area contributed by atoms with E-state index < -0.39 is 6.10 Å². The number of aliphatic hydroxyl groups is 1. The van der Waals surface area contributed by atoms with Crippen LogP contribution in [0.1, 0.15) is 5.56 Å². The molecule has 1 heterocycles. The van der Waals surface area contributed by atoms with Gasteiger partial charge in [0.05, 0.1) is 13.2 Å². The van der Waals surface area contributed by atoms with Gasteiger partial charge in [0.2, 0.25) is 0 Å². The molecule has 0 amide bonds. The van der Waals surface area contributed by atoms with Gasteiger partial charge in [0.25, 0.3) is 0 Å². The Hall–Kier alpha value is -1.65. The number of methoxy groups -OCH3 is 1. The molecule has 0 spiro atoms. The standard InChI is InChI=1S/C14H17NO3/c1-18-14(17)12-7-13(16)10-15(9-12)8-11-5-3-2-4-6-11/h2-7,13,16H,8-10H2,1H3. The maximum absolute atomic E-state index is 11.5. The van der Waals surface area contributed by atoms with Gasteiger partial charge in [0, 0.05) is 25.2 Å². The lowest BCUT2D eigenvalue weighted by Gasteiger charge is -2.29. The third kappa shape index (κ3) is 3.18. The first-order valence-electron chi connectivity index (χ1n) is 5.92. The topological polar surface area (TPSA) is 49.8 Å². The Kier molecular flexibility index (Phi) is 4.12. The van der Waals surface area contributed by atoms with E-state index >= 15 is 0 Å². The van der Waals surface area contributed by atoms with Crippen molar-refractivity contribution in [3.8, 4) is 0 Å². The number of ether oxygens (including phenoxy) is 1. The summed E-state index contributed by atoms with van der Waals surface area (Å²) in [5.41, 5.74) is 1.68. The number of carbonyl (C=O) groups is 1. The fourth-order valence-corrected chi connectivity index (χ4v) is 2.13. The monoisotopic (exact) mass is 247 g/mol. The number of carbonyl (C=O) groups excluding carboxylic acids is 1. The van der Waals surface area contributed by atoms with Crippen molar-refractivity contribution in [2.75, 3.05) is 20.2 Å². The van der Waals surface area contributed by atoms with E-state index in [0.29, 0.717) is 25.2 Å². The fourth-order valence-electron chi connectivity index (χ4n) is 2.13. The number of β-amino-alcohol motifs (C(OH)–C–C–N with tert-alkyl or cyclic N) is 1. The Labute approximate surface area is 106 Å². The van der Waals surface area contributed by atoms with Crippen molar-refractivity contribution in [1.29, 1.82) is 0 Å². The molecule has 0 fully saturated rings. The van der Waals surface area contributed by atoms with Crippen molar-refractivity contribution < 1.29 is 14.6 Å². The summed E-state index contributed by atoms with van der Waals surface area (Å²) in [7, 11) is 1.35. The molecule has 0 saturated carbocycles. The molecule has 0 bridgehead atoms. The van der Waals surface area contributed by atoms with Gasteiger partial charge in [-0.25, -0.2) is 4.79 Å². The summed E-state index contributed by atoms with van der Waals surface area (Å²) in [4.78, 5) is 13.5. The summed E-state index contributed by atoms with van der Waals surface area (Å²) in [6, 6.07) is 9.99. The summed E-state index contributed by atoms with van der Waals surface area (Å²) >= 11 is 0. The van der Waals surface area contributed by atoms with E-state index in [-0.39, 0.29) is 5.97 Å². The summed E-state index contributed by atoms with van der Waals surface area (Å²) in [5, 5.41) is 9.75. The molecular weight excluding hydrogens is 230 g/mol. The molecule has 1 aliphatic rings. The molecule has 18 heavy (non-hydrogen) atoms. The van der Waals surface area contributed by atoms with E-state index in [1.165, 1.54) is 7.11 Å². The van der Waals surface area contributed by atoms with Crippen molar-refractivity contribution in [2.45, 2.75) is 12.6 Å². The Balaban J connectivity index is 2.04. The van der Waals surface area contributed by atoms with Crippen LogP contribution in [0.15, 0.2) is 42.0 Å². The molecule has 96 valence electrons. The summed E-state index contributed by atoms with van der Waals surface area (Å²) in [5.74, 6) is -0.369. The van der Waals surface area contributed by atoms with Crippen LogP contribution >= 0.6 is 0 Å². The smallest absolute Gasteiger partial charge is 0.334 e. The van der Waals surface area contributed by atoms with E-state index in [0.717, 1.165) is 5.56 Å². The molecule has 1 N–H and O–H groups in total. The highest BCUT2D eigenvalue weighted by molar-refractivity contribution is 5.89. The number of nitrogens with zero attached hydrogens (tertiary/aromatic N) is 1. The molecule has 1 aliphatic heterocycles. The van der Waals surface area contributed by atoms with Gasteiger partial charge < -0.3 is 9.84 Å². The number of benzene rings is 1. The number of aliphatic hydroxyl groups excluding tert-OH is 1. The van der Waals surface area contributed by atoms with E-state index in [4.69, 9.17) is 4.74 Å². The quantitative estimate of drug-likeness (QED) is 0.808. The summed E-state index contributed by atoms with van der Waals surface area (Å²) < 4.78 is 4.69. The van der Waals surface area contributed by atoms with E-state index in [1.54, 1.807) is 6.08 Å². The number of hydrogen-bond acceptors (Lipinski definition) is 4. The van der Waals surface area contributed by atoms with Crippen molar-refractivity contribution in [3.05, 3.63) is 47.5 Å². The normalized spacial score (nSPS) is 20.3. The molecule has 1 atom stereocenters. The Morgan fingerprint density at radius 2 is 2.17 bits per heavy atom. The van der Waals surface area contributed by atoms with Gasteiger partial charge in [0.15, 0.2) is 0 Å². The molecule has 0 aliphatic carbocycles. The average molecular weight is 247 g/mol. The first-order valence-corrected chi connectivity index (χ1v) is 5.92. The number of hydrogen-bond donors (Lipinski definition) is 1. The van der Waals surface area contributed by atoms with E-state index in [2.05, 4.69) is 0 Å². The number of rotatable bonds is 3. The molecule has 1 aromatic rings. The third-order valence-electron chi connectivity index (χ3n) is 2.93. The first-order chi connectivity index (χ1) is 8.69. The van der Waals surface area contributed by atoms with Crippen molar-refractivity contribution >= 4 is 5.97 Å². The van der Waals surface area contributed by atoms with Crippen LogP contribution in [-0.4, -0.2) is 42.3 Å². The van der Waals surface area contributed by atoms with Crippen LogP contribution in [0, 0.1) is 0 Å². The zero-order valence-electron chi connectivity index (χ0n) is 10.4. The van der Waals surface area contributed by atoms with Gasteiger partial charge in [-0.2, -0.15) is 0 Å². The predicted octanol–water partition coefficient (Wildman–Crippen LogP) is 0.962. The van der Waals surface area contributed by atoms with Crippen LogP contribution in [0.5, 0.6) is 0 Å². The molecule has 0 aromatic heterocycles. The molecule has 2 rings (SSSR count). The van der Waals surface area contributed by atoms with Crippen molar-refractivity contribution in [2.24, 2.45) is 0 Å². The maximum Gasteiger partial charge on any atom is 0.334 e. The van der Waals surface area contributed by atoms with Crippen molar-refractivity contribution in [1.82, 2.24) is 4.90 Å². The second kappa shape index (κ2) is 5.80. The van der Waals surface area contributed by atoms with E-state index in [1.807, 2.05) is 35.2 Å². The summed E-state index contributed by atoms with van der Waals surface area (Å²) in [6.07, 6.45) is 0.962. The lowest BCUT2D eigenvalue weighted by atomic mass is 10.1. The molecule has 0 saturated heterocycles. The van der Waals surface area contributed by atoms with Gasteiger partial charge in [-0.05, 0) is 11.6 Å². The van der Waals surface area contributed by atoms with Crippen LogP contribution < -0.4 is 0 Å². The molecule has 1 aromatic carbocycles. The molecule has 4 nitrogen and oxygen atoms in total. The highest BCUT2D eigenvalue weighted by atomic mass is 16.5.